The van der Waals surface area contributed by atoms with Crippen LogP contribution in [0.2, 0.25) is 0 Å². The van der Waals surface area contributed by atoms with Gasteiger partial charge >= 0.3 is 5.97 Å². The lowest BCUT2D eigenvalue weighted by Crippen LogP contribution is -2.20. The minimum absolute atomic E-state index is 0.282. The van der Waals surface area contributed by atoms with Crippen molar-refractivity contribution in [1.29, 1.82) is 0 Å². The number of carbonyl (C=O) groups is 1. The van der Waals surface area contributed by atoms with Gasteiger partial charge in [-0.2, -0.15) is 0 Å². The van der Waals surface area contributed by atoms with Crippen LogP contribution in [0.15, 0.2) is 40.9 Å². The molecule has 0 aromatic heterocycles. The first kappa shape index (κ1) is 9.46. The van der Waals surface area contributed by atoms with Crippen molar-refractivity contribution in [2.45, 2.75) is 12.5 Å². The Bertz CT molecular complexity index is 394. The molecule has 1 heterocycles. The molecule has 1 aromatic carbocycles. The zero-order chi connectivity index (χ0) is 10.2. The van der Waals surface area contributed by atoms with Crippen molar-refractivity contribution in [3.63, 3.8) is 0 Å². The third-order valence-electron chi connectivity index (χ3n) is 2.27. The zero-order valence-corrected chi connectivity index (χ0v) is 9.24. The summed E-state index contributed by atoms with van der Waals surface area (Å²) in [5.41, 5.74) is 0.375. The van der Waals surface area contributed by atoms with E-state index in [9.17, 15) is 4.79 Å². The number of rotatable bonds is 1. The molecule has 0 aliphatic carbocycles. The molecule has 14 heavy (non-hydrogen) atoms. The van der Waals surface area contributed by atoms with Gasteiger partial charge in [-0.1, -0.05) is 28.1 Å². The van der Waals surface area contributed by atoms with Crippen LogP contribution in [-0.2, 0) is 15.1 Å². The summed E-state index contributed by atoms with van der Waals surface area (Å²) in [6.45, 7) is 1.87. The van der Waals surface area contributed by atoms with Gasteiger partial charge in [0.05, 0.1) is 0 Å². The van der Waals surface area contributed by atoms with Crippen LogP contribution >= 0.6 is 15.9 Å². The fraction of sp³-hybridized carbons (Fsp3) is 0.182. The molecule has 0 saturated heterocycles. The average molecular weight is 253 g/mol. The zero-order valence-electron chi connectivity index (χ0n) is 7.66. The molecule has 0 radical (unpaired) electrons. The largest absolute Gasteiger partial charge is 0.447 e. The van der Waals surface area contributed by atoms with Crippen LogP contribution in [0.4, 0.5) is 0 Å². The van der Waals surface area contributed by atoms with Gasteiger partial charge < -0.3 is 4.74 Å². The second-order valence-electron chi connectivity index (χ2n) is 3.37. The van der Waals surface area contributed by atoms with Crippen molar-refractivity contribution in [2.24, 2.45) is 0 Å². The van der Waals surface area contributed by atoms with Crippen LogP contribution in [-0.4, -0.2) is 5.97 Å². The van der Waals surface area contributed by atoms with Gasteiger partial charge in [0.15, 0.2) is 5.60 Å². The third-order valence-corrected chi connectivity index (χ3v) is 2.80. The number of esters is 1. The Morgan fingerprint density at radius 1 is 1.29 bits per heavy atom. The van der Waals surface area contributed by atoms with Gasteiger partial charge in [-0.3, -0.25) is 0 Å². The van der Waals surface area contributed by atoms with E-state index in [1.54, 1.807) is 6.08 Å². The molecule has 1 aliphatic rings. The normalized spacial score (nSPS) is 25.1. The summed E-state index contributed by atoms with van der Waals surface area (Å²) >= 11 is 3.36. The highest BCUT2D eigenvalue weighted by Gasteiger charge is 2.31. The molecule has 0 unspecified atom stereocenters. The van der Waals surface area contributed by atoms with Crippen LogP contribution in [0.1, 0.15) is 12.5 Å². The Morgan fingerprint density at radius 3 is 2.43 bits per heavy atom. The molecule has 72 valence electrons. The highest BCUT2D eigenvalue weighted by molar-refractivity contribution is 9.10. The van der Waals surface area contributed by atoms with Gasteiger partial charge in [-0.25, -0.2) is 4.79 Å². The van der Waals surface area contributed by atoms with Crippen molar-refractivity contribution in [1.82, 2.24) is 0 Å². The monoisotopic (exact) mass is 252 g/mol. The van der Waals surface area contributed by atoms with E-state index in [1.807, 2.05) is 31.2 Å². The highest BCUT2D eigenvalue weighted by atomic mass is 79.9. The first-order valence-corrected chi connectivity index (χ1v) is 5.08. The van der Waals surface area contributed by atoms with Crippen LogP contribution < -0.4 is 0 Å². The van der Waals surface area contributed by atoms with Gasteiger partial charge in [-0.05, 0) is 30.7 Å². The van der Waals surface area contributed by atoms with Gasteiger partial charge in [0, 0.05) is 10.5 Å². The molecule has 0 saturated carbocycles. The van der Waals surface area contributed by atoms with E-state index in [4.69, 9.17) is 4.74 Å². The lowest BCUT2D eigenvalue weighted by Gasteiger charge is -2.21. The lowest BCUT2D eigenvalue weighted by molar-refractivity contribution is -0.145. The molecule has 1 aliphatic heterocycles. The Kier molecular flexibility index (Phi) is 2.19. The summed E-state index contributed by atoms with van der Waals surface area (Å²) in [5, 5.41) is 0. The predicted molar refractivity (Wildman–Crippen MR) is 56.7 cm³/mol. The summed E-state index contributed by atoms with van der Waals surface area (Å²) in [6.07, 6.45) is 3.24. The van der Waals surface area contributed by atoms with E-state index in [2.05, 4.69) is 15.9 Å². The Morgan fingerprint density at radius 2 is 1.93 bits per heavy atom. The van der Waals surface area contributed by atoms with E-state index >= 15 is 0 Å². The van der Waals surface area contributed by atoms with E-state index in [1.165, 1.54) is 6.08 Å². The quantitative estimate of drug-likeness (QED) is 0.719. The van der Waals surface area contributed by atoms with Gasteiger partial charge in [0.25, 0.3) is 0 Å². The molecule has 0 spiro atoms. The van der Waals surface area contributed by atoms with Crippen LogP contribution in [0.3, 0.4) is 0 Å². The first-order valence-electron chi connectivity index (χ1n) is 4.28. The molecule has 2 rings (SSSR count). The maximum atomic E-state index is 11.0. The number of hydrogen-bond donors (Lipinski definition) is 0. The van der Waals surface area contributed by atoms with Gasteiger partial charge in [0.1, 0.15) is 0 Å². The maximum Gasteiger partial charge on any atom is 0.331 e. The first-order chi connectivity index (χ1) is 6.60. The molecular weight excluding hydrogens is 244 g/mol. The maximum absolute atomic E-state index is 11.0. The van der Waals surface area contributed by atoms with Crippen LogP contribution in [0.5, 0.6) is 0 Å². The third kappa shape index (κ3) is 1.60. The minimum Gasteiger partial charge on any atom is -0.447 e. The fourth-order valence-electron chi connectivity index (χ4n) is 1.44. The van der Waals surface area contributed by atoms with Crippen molar-refractivity contribution < 1.29 is 9.53 Å². The van der Waals surface area contributed by atoms with Crippen LogP contribution in [0.25, 0.3) is 0 Å². The molecule has 0 bridgehead atoms. The number of halogens is 1. The van der Waals surface area contributed by atoms with Crippen molar-refractivity contribution in [2.75, 3.05) is 0 Å². The molecule has 0 N–H and O–H groups in total. The Labute approximate surface area is 90.7 Å². The average Bonchev–Trinajstić information content (AvgIpc) is 2.48. The SMILES string of the molecule is C[C@]1(c2ccc(Br)cc2)C=CC(=O)O1. The second-order valence-corrected chi connectivity index (χ2v) is 4.28. The molecule has 1 aromatic rings. The fourth-order valence-corrected chi connectivity index (χ4v) is 1.70. The van der Waals surface area contributed by atoms with E-state index < -0.39 is 5.60 Å². The summed E-state index contributed by atoms with van der Waals surface area (Å²) in [5.74, 6) is -0.282. The predicted octanol–water partition coefficient (Wildman–Crippen LogP) is 2.78. The van der Waals surface area contributed by atoms with Gasteiger partial charge in [0.2, 0.25) is 0 Å². The summed E-state index contributed by atoms with van der Waals surface area (Å²) in [4.78, 5) is 11.0. The second kappa shape index (κ2) is 3.24. The van der Waals surface area contributed by atoms with Crippen molar-refractivity contribution >= 4 is 21.9 Å². The molecule has 0 fully saturated rings. The number of carbonyl (C=O) groups excluding carboxylic acids is 1. The Hall–Kier alpha value is -1.09. The van der Waals surface area contributed by atoms with Gasteiger partial charge in [-0.15, -0.1) is 0 Å². The van der Waals surface area contributed by atoms with Crippen molar-refractivity contribution in [3.8, 4) is 0 Å². The summed E-state index contributed by atoms with van der Waals surface area (Å²) in [6, 6.07) is 7.74. The molecule has 1 atom stereocenters. The molecular formula is C11H9BrO2. The standard InChI is InChI=1S/C11H9BrO2/c1-11(7-6-10(13)14-11)8-2-4-9(12)5-3-8/h2-7H,1H3/t11-/m1/s1. The topological polar surface area (TPSA) is 26.3 Å². The number of cyclic esters (lactones) is 1. The number of ether oxygens (including phenoxy) is 1. The van der Waals surface area contributed by atoms with E-state index in [-0.39, 0.29) is 5.97 Å². The Balaban J connectivity index is 2.36. The molecule has 2 nitrogen and oxygen atoms in total. The lowest BCUT2D eigenvalue weighted by atomic mass is 9.97. The summed E-state index contributed by atoms with van der Waals surface area (Å²) in [7, 11) is 0. The minimum atomic E-state index is -0.599. The van der Waals surface area contributed by atoms with E-state index in [0.29, 0.717) is 0 Å². The van der Waals surface area contributed by atoms with Crippen molar-refractivity contribution in [3.05, 3.63) is 46.5 Å². The number of hydrogen-bond acceptors (Lipinski definition) is 2. The van der Waals surface area contributed by atoms with E-state index in [0.717, 1.165) is 10.0 Å². The highest BCUT2D eigenvalue weighted by Crippen LogP contribution is 2.31. The summed E-state index contributed by atoms with van der Waals surface area (Å²) < 4.78 is 6.22. The number of benzene rings is 1. The molecule has 0 amide bonds. The van der Waals surface area contributed by atoms with Crippen LogP contribution in [0, 0.1) is 0 Å². The smallest absolute Gasteiger partial charge is 0.331 e. The molecule has 3 heteroatoms.